The summed E-state index contributed by atoms with van der Waals surface area (Å²) in [5.41, 5.74) is 18.0. The van der Waals surface area contributed by atoms with Crippen LogP contribution in [0, 0.1) is 41.5 Å². The van der Waals surface area contributed by atoms with E-state index in [9.17, 15) is 5.11 Å². The molecule has 0 aliphatic carbocycles. The van der Waals surface area contributed by atoms with E-state index in [4.69, 9.17) is 9.47 Å². The summed E-state index contributed by atoms with van der Waals surface area (Å²) < 4.78 is 11.2. The lowest BCUT2D eigenvalue weighted by atomic mass is 9.73. The average molecular weight is 871 g/mol. The first kappa shape index (κ1) is 47.3. The van der Waals surface area contributed by atoms with Crippen molar-refractivity contribution in [3.8, 4) is 11.5 Å². The van der Waals surface area contributed by atoms with Gasteiger partial charge in [-0.3, -0.25) is 0 Å². The molecule has 3 atom stereocenters. The second kappa shape index (κ2) is 22.5. The summed E-state index contributed by atoms with van der Waals surface area (Å²) in [6.07, 6.45) is 0.241. The SMILES string of the molecule is CCC(O)COc1ccc(C(c2ccc(C)cc2)C(c2ccc(C)cc2)c2ccc(C)cc2)cc1.COc1ccc(C(c2ccc(C)cc2)C(c2ccc(C)cc2)c2ccc(C)cc2)cc1. The summed E-state index contributed by atoms with van der Waals surface area (Å²) >= 11 is 0. The third kappa shape index (κ3) is 12.2. The fraction of sp³-hybridized carbons (Fsp3) is 0.238. The molecule has 0 bridgehead atoms. The smallest absolute Gasteiger partial charge is 0.119 e. The molecule has 66 heavy (non-hydrogen) atoms. The highest BCUT2D eigenvalue weighted by Crippen LogP contribution is 2.45. The molecule has 1 N–H and O–H groups in total. The highest BCUT2D eigenvalue weighted by Gasteiger charge is 2.30. The third-order valence-corrected chi connectivity index (χ3v) is 12.9. The van der Waals surface area contributed by atoms with Crippen molar-refractivity contribution < 1.29 is 14.6 Å². The first-order chi connectivity index (χ1) is 32.0. The molecule has 0 aliphatic heterocycles. The van der Waals surface area contributed by atoms with Crippen LogP contribution in [-0.2, 0) is 0 Å². The Kier molecular flexibility index (Phi) is 16.1. The molecule has 8 aromatic carbocycles. The molecular weight excluding hydrogens is 805 g/mol. The molecule has 0 heterocycles. The number of methoxy groups -OCH3 is 1. The van der Waals surface area contributed by atoms with Crippen LogP contribution in [0.3, 0.4) is 0 Å². The van der Waals surface area contributed by atoms with Crippen LogP contribution in [-0.4, -0.2) is 24.9 Å². The summed E-state index contributed by atoms with van der Waals surface area (Å²) in [6, 6.07) is 70.8. The van der Waals surface area contributed by atoms with E-state index in [1.54, 1.807) is 7.11 Å². The number of benzene rings is 8. The molecule has 3 nitrogen and oxygen atoms in total. The second-order valence-electron chi connectivity index (χ2n) is 18.1. The first-order valence-corrected chi connectivity index (χ1v) is 23.4. The van der Waals surface area contributed by atoms with Gasteiger partial charge in [-0.1, -0.05) is 210 Å². The Morgan fingerprint density at radius 3 is 0.712 bits per heavy atom. The number of hydrogen-bond acceptors (Lipinski definition) is 3. The van der Waals surface area contributed by atoms with Crippen LogP contribution < -0.4 is 9.47 Å². The Bertz CT molecular complexity index is 2590. The second-order valence-corrected chi connectivity index (χ2v) is 18.1. The van der Waals surface area contributed by atoms with E-state index in [0.717, 1.165) is 11.5 Å². The van der Waals surface area contributed by atoms with Gasteiger partial charge in [-0.25, -0.2) is 0 Å². The average Bonchev–Trinajstić information content (AvgIpc) is 3.34. The molecule has 0 aromatic heterocycles. The molecule has 8 rings (SSSR count). The van der Waals surface area contributed by atoms with Gasteiger partial charge in [-0.15, -0.1) is 0 Å². The zero-order valence-corrected chi connectivity index (χ0v) is 40.0. The lowest BCUT2D eigenvalue weighted by Gasteiger charge is -2.30. The highest BCUT2D eigenvalue weighted by molar-refractivity contribution is 5.49. The van der Waals surface area contributed by atoms with E-state index in [0.29, 0.717) is 13.0 Å². The predicted molar refractivity (Wildman–Crippen MR) is 276 cm³/mol. The van der Waals surface area contributed by atoms with Crippen molar-refractivity contribution in [1.82, 2.24) is 0 Å². The van der Waals surface area contributed by atoms with E-state index in [2.05, 4.69) is 224 Å². The van der Waals surface area contributed by atoms with Crippen LogP contribution in [0.15, 0.2) is 194 Å². The summed E-state index contributed by atoms with van der Waals surface area (Å²) in [5.74, 6) is 2.36. The summed E-state index contributed by atoms with van der Waals surface area (Å²) in [4.78, 5) is 0. The Hall–Kier alpha value is -6.68. The molecule has 336 valence electrons. The maximum Gasteiger partial charge on any atom is 0.119 e. The van der Waals surface area contributed by atoms with Crippen molar-refractivity contribution in [1.29, 1.82) is 0 Å². The summed E-state index contributed by atoms with van der Waals surface area (Å²) in [7, 11) is 1.72. The normalized spacial score (nSPS) is 12.5. The zero-order chi connectivity index (χ0) is 46.6. The quantitative estimate of drug-likeness (QED) is 0.112. The first-order valence-electron chi connectivity index (χ1n) is 23.4. The van der Waals surface area contributed by atoms with Crippen LogP contribution in [0.4, 0.5) is 0 Å². The van der Waals surface area contributed by atoms with Crippen molar-refractivity contribution in [3.63, 3.8) is 0 Å². The monoisotopic (exact) mass is 871 g/mol. The van der Waals surface area contributed by atoms with E-state index >= 15 is 0 Å². The van der Waals surface area contributed by atoms with Crippen molar-refractivity contribution in [3.05, 3.63) is 272 Å². The highest BCUT2D eigenvalue weighted by atomic mass is 16.5. The van der Waals surface area contributed by atoms with Gasteiger partial charge in [-0.05, 0) is 117 Å². The number of aliphatic hydroxyl groups is 1. The maximum atomic E-state index is 9.87. The van der Waals surface area contributed by atoms with Gasteiger partial charge in [0.2, 0.25) is 0 Å². The molecular formula is C63H66O3. The van der Waals surface area contributed by atoms with Gasteiger partial charge < -0.3 is 14.6 Å². The molecule has 0 fully saturated rings. The van der Waals surface area contributed by atoms with Gasteiger partial charge in [-0.2, -0.15) is 0 Å². The topological polar surface area (TPSA) is 38.7 Å². The Morgan fingerprint density at radius 1 is 0.318 bits per heavy atom. The zero-order valence-electron chi connectivity index (χ0n) is 40.0. The Morgan fingerprint density at radius 2 is 0.515 bits per heavy atom. The van der Waals surface area contributed by atoms with Gasteiger partial charge in [0.05, 0.1) is 13.2 Å². The number of aliphatic hydroxyl groups excluding tert-OH is 1. The predicted octanol–water partition coefficient (Wildman–Crippen LogP) is 15.3. The van der Waals surface area contributed by atoms with Gasteiger partial charge in [0.25, 0.3) is 0 Å². The van der Waals surface area contributed by atoms with Gasteiger partial charge in [0.1, 0.15) is 18.1 Å². The standard InChI is InChI=1S/C33H36O2.C30H30O/c1-5-30(34)22-35-31-20-18-29(19-21-31)33(28-16-10-25(4)11-17-28)32(26-12-6-23(2)7-13-26)27-14-8-24(3)9-15-27;1-21-5-11-24(12-6-21)29(25-13-7-22(2)8-14-25)30(26-15-9-23(3)10-16-26)27-17-19-28(31-4)20-18-27/h6-21,30,32-34H,5,22H2,1-4H3;5-20,29-30H,1-4H3. The number of hydrogen-bond donors (Lipinski definition) is 1. The number of ether oxygens (including phenoxy) is 2. The van der Waals surface area contributed by atoms with E-state index in [1.165, 1.54) is 77.9 Å². The number of aryl methyl sites for hydroxylation is 6. The molecule has 0 radical (unpaired) electrons. The Balaban J connectivity index is 0.000000198. The fourth-order valence-corrected chi connectivity index (χ4v) is 8.85. The van der Waals surface area contributed by atoms with Crippen LogP contribution in [0.2, 0.25) is 0 Å². The molecule has 0 saturated carbocycles. The molecule has 0 saturated heterocycles. The minimum atomic E-state index is -0.442. The van der Waals surface area contributed by atoms with E-state index in [-0.39, 0.29) is 23.7 Å². The summed E-state index contributed by atoms with van der Waals surface area (Å²) in [5, 5.41) is 9.87. The minimum Gasteiger partial charge on any atom is -0.497 e. The third-order valence-electron chi connectivity index (χ3n) is 12.9. The lowest BCUT2D eigenvalue weighted by molar-refractivity contribution is 0.104. The summed E-state index contributed by atoms with van der Waals surface area (Å²) in [6.45, 7) is 15.1. The Labute approximate surface area is 394 Å². The minimum absolute atomic E-state index is 0.135. The van der Waals surface area contributed by atoms with E-state index < -0.39 is 6.10 Å². The van der Waals surface area contributed by atoms with Crippen molar-refractivity contribution in [2.45, 2.75) is 84.7 Å². The van der Waals surface area contributed by atoms with Crippen LogP contribution >= 0.6 is 0 Å². The van der Waals surface area contributed by atoms with Crippen molar-refractivity contribution in [2.24, 2.45) is 0 Å². The van der Waals surface area contributed by atoms with Gasteiger partial charge in [0.15, 0.2) is 0 Å². The van der Waals surface area contributed by atoms with Gasteiger partial charge >= 0.3 is 0 Å². The lowest BCUT2D eigenvalue weighted by Crippen LogP contribution is -2.16. The van der Waals surface area contributed by atoms with Gasteiger partial charge in [0, 0.05) is 23.7 Å². The largest absolute Gasteiger partial charge is 0.497 e. The van der Waals surface area contributed by atoms with Crippen LogP contribution in [0.5, 0.6) is 11.5 Å². The molecule has 3 unspecified atom stereocenters. The molecule has 0 amide bonds. The van der Waals surface area contributed by atoms with Crippen LogP contribution in [0.25, 0.3) is 0 Å². The molecule has 0 spiro atoms. The molecule has 8 aromatic rings. The molecule has 0 aliphatic rings. The van der Waals surface area contributed by atoms with Crippen molar-refractivity contribution >= 4 is 0 Å². The van der Waals surface area contributed by atoms with E-state index in [1.807, 2.05) is 19.1 Å². The fourth-order valence-electron chi connectivity index (χ4n) is 8.85. The number of rotatable bonds is 15. The maximum absolute atomic E-state index is 9.87. The molecule has 3 heteroatoms. The van der Waals surface area contributed by atoms with Crippen LogP contribution in [0.1, 0.15) is 115 Å². The van der Waals surface area contributed by atoms with Crippen molar-refractivity contribution in [2.75, 3.05) is 13.7 Å².